The Bertz CT molecular complexity index is 624. The van der Waals surface area contributed by atoms with Gasteiger partial charge in [-0.3, -0.25) is 10.1 Å². The topological polar surface area (TPSA) is 59.6 Å². The number of carbonyl (C=O) groups is 1. The fourth-order valence-electron chi connectivity index (χ4n) is 3.37. The molecule has 1 amide bonds. The molecular formula is C18H25ClF2N2O3. The van der Waals surface area contributed by atoms with Gasteiger partial charge in [-0.05, 0) is 31.7 Å². The monoisotopic (exact) mass is 390 g/mol. The zero-order valence-electron chi connectivity index (χ0n) is 14.7. The van der Waals surface area contributed by atoms with Gasteiger partial charge >= 0.3 is 0 Å². The summed E-state index contributed by atoms with van der Waals surface area (Å²) in [4.78, 5) is 12.1. The number of halogens is 3. The number of rotatable bonds is 6. The van der Waals surface area contributed by atoms with Crippen LogP contribution in [0.3, 0.4) is 0 Å². The quantitative estimate of drug-likeness (QED) is 0.783. The molecule has 2 N–H and O–H groups in total. The minimum Gasteiger partial charge on any atom is -0.493 e. The summed E-state index contributed by atoms with van der Waals surface area (Å²) in [5, 5.41) is 5.29. The lowest BCUT2D eigenvalue weighted by molar-refractivity contribution is -0.123. The lowest BCUT2D eigenvalue weighted by atomic mass is 10.1. The molecule has 1 aliphatic carbocycles. The third-order valence-corrected chi connectivity index (χ3v) is 4.75. The number of para-hydroxylation sites is 1. The van der Waals surface area contributed by atoms with Gasteiger partial charge in [0.25, 0.3) is 5.92 Å². The van der Waals surface area contributed by atoms with Crippen LogP contribution in [0.25, 0.3) is 0 Å². The molecule has 1 saturated carbocycles. The Labute approximate surface area is 158 Å². The van der Waals surface area contributed by atoms with Gasteiger partial charge in [0.05, 0.1) is 25.8 Å². The van der Waals surface area contributed by atoms with Gasteiger partial charge in [-0.1, -0.05) is 12.1 Å². The highest BCUT2D eigenvalue weighted by Gasteiger charge is 2.42. The maximum atomic E-state index is 13.2. The molecule has 1 unspecified atom stereocenters. The molecule has 2 aliphatic rings. The van der Waals surface area contributed by atoms with E-state index in [1.165, 1.54) is 0 Å². The van der Waals surface area contributed by atoms with E-state index >= 15 is 0 Å². The SMILES string of the molecule is COc1cccc(CNC(=O)C2CC(F)(F)CN2)c1OC1CCCC1.Cl. The second-order valence-electron chi connectivity index (χ2n) is 6.68. The molecule has 1 aliphatic heterocycles. The average molecular weight is 391 g/mol. The number of ether oxygens (including phenoxy) is 2. The van der Waals surface area contributed by atoms with Crippen LogP contribution in [0.1, 0.15) is 37.7 Å². The molecule has 0 spiro atoms. The third kappa shape index (κ3) is 4.98. The number of amides is 1. The van der Waals surface area contributed by atoms with Crippen LogP contribution >= 0.6 is 12.4 Å². The maximum Gasteiger partial charge on any atom is 0.262 e. The molecule has 0 bridgehead atoms. The van der Waals surface area contributed by atoms with Crippen molar-refractivity contribution in [1.29, 1.82) is 0 Å². The molecule has 1 heterocycles. The van der Waals surface area contributed by atoms with Gasteiger partial charge in [0.1, 0.15) is 0 Å². The van der Waals surface area contributed by atoms with Gasteiger partial charge in [-0.25, -0.2) is 8.78 Å². The number of hydrogen-bond donors (Lipinski definition) is 2. The Hall–Kier alpha value is -1.60. The van der Waals surface area contributed by atoms with E-state index in [2.05, 4.69) is 10.6 Å². The Morgan fingerprint density at radius 2 is 2.08 bits per heavy atom. The molecule has 8 heteroatoms. The predicted octanol–water partition coefficient (Wildman–Crippen LogP) is 3.05. The first kappa shape index (κ1) is 20.7. The molecule has 2 fully saturated rings. The van der Waals surface area contributed by atoms with Crippen molar-refractivity contribution in [2.75, 3.05) is 13.7 Å². The minimum atomic E-state index is -2.82. The van der Waals surface area contributed by atoms with Crippen molar-refractivity contribution in [3.8, 4) is 11.5 Å². The molecule has 1 aromatic carbocycles. The molecule has 26 heavy (non-hydrogen) atoms. The van der Waals surface area contributed by atoms with Crippen molar-refractivity contribution in [2.24, 2.45) is 0 Å². The molecule has 0 aromatic heterocycles. The van der Waals surface area contributed by atoms with Crippen molar-refractivity contribution in [3.63, 3.8) is 0 Å². The fourth-order valence-corrected chi connectivity index (χ4v) is 3.37. The van der Waals surface area contributed by atoms with E-state index in [-0.39, 0.29) is 25.1 Å². The summed E-state index contributed by atoms with van der Waals surface area (Å²) >= 11 is 0. The fraction of sp³-hybridized carbons (Fsp3) is 0.611. The number of nitrogens with one attached hydrogen (secondary N) is 2. The number of methoxy groups -OCH3 is 1. The van der Waals surface area contributed by atoms with Crippen LogP contribution in [0.5, 0.6) is 11.5 Å². The molecule has 5 nitrogen and oxygen atoms in total. The molecule has 0 radical (unpaired) electrons. The van der Waals surface area contributed by atoms with Crippen molar-refractivity contribution in [1.82, 2.24) is 10.6 Å². The molecule has 146 valence electrons. The highest BCUT2D eigenvalue weighted by molar-refractivity contribution is 5.85. The number of hydrogen-bond acceptors (Lipinski definition) is 4. The van der Waals surface area contributed by atoms with Crippen LogP contribution in [0.15, 0.2) is 18.2 Å². The van der Waals surface area contributed by atoms with E-state index in [9.17, 15) is 13.6 Å². The van der Waals surface area contributed by atoms with E-state index < -0.39 is 30.8 Å². The minimum absolute atomic E-state index is 0. The van der Waals surface area contributed by atoms with Crippen LogP contribution < -0.4 is 20.1 Å². The predicted molar refractivity (Wildman–Crippen MR) is 96.3 cm³/mol. The Kier molecular flexibility index (Phi) is 7.06. The molecule has 1 aromatic rings. The van der Waals surface area contributed by atoms with E-state index in [1.807, 2.05) is 18.2 Å². The normalized spacial score (nSPS) is 21.9. The molecule has 3 rings (SSSR count). The van der Waals surface area contributed by atoms with E-state index in [0.29, 0.717) is 11.5 Å². The summed E-state index contributed by atoms with van der Waals surface area (Å²) in [5.74, 6) is -2.01. The van der Waals surface area contributed by atoms with Gasteiger partial charge in [-0.2, -0.15) is 0 Å². The highest BCUT2D eigenvalue weighted by atomic mass is 35.5. The van der Waals surface area contributed by atoms with Gasteiger partial charge in [0, 0.05) is 18.5 Å². The van der Waals surface area contributed by atoms with Crippen molar-refractivity contribution >= 4 is 18.3 Å². The zero-order valence-corrected chi connectivity index (χ0v) is 15.5. The van der Waals surface area contributed by atoms with E-state index in [1.54, 1.807) is 7.11 Å². The Morgan fingerprint density at radius 1 is 1.35 bits per heavy atom. The Morgan fingerprint density at radius 3 is 2.69 bits per heavy atom. The van der Waals surface area contributed by atoms with E-state index in [4.69, 9.17) is 9.47 Å². The smallest absolute Gasteiger partial charge is 0.262 e. The maximum absolute atomic E-state index is 13.2. The van der Waals surface area contributed by atoms with Gasteiger partial charge in [0.15, 0.2) is 11.5 Å². The van der Waals surface area contributed by atoms with Crippen molar-refractivity contribution in [3.05, 3.63) is 23.8 Å². The first-order chi connectivity index (χ1) is 12.0. The lowest BCUT2D eigenvalue weighted by Crippen LogP contribution is -2.40. The van der Waals surface area contributed by atoms with Crippen LogP contribution in [0.2, 0.25) is 0 Å². The van der Waals surface area contributed by atoms with Crippen molar-refractivity contribution < 1.29 is 23.0 Å². The van der Waals surface area contributed by atoms with Gasteiger partial charge in [-0.15, -0.1) is 12.4 Å². The molecule has 1 saturated heterocycles. The summed E-state index contributed by atoms with van der Waals surface area (Å²) in [6, 6.07) is 4.63. The first-order valence-corrected chi connectivity index (χ1v) is 8.70. The van der Waals surface area contributed by atoms with Crippen LogP contribution in [0.4, 0.5) is 8.78 Å². The standard InChI is InChI=1S/C18H24F2N2O3.ClH/c1-24-15-8-4-5-12(16(15)25-13-6-2-3-7-13)10-21-17(23)14-9-18(19,20)11-22-14;/h4-5,8,13-14,22H,2-3,6-7,9-11H2,1H3,(H,21,23);1H. The second-order valence-corrected chi connectivity index (χ2v) is 6.68. The average Bonchev–Trinajstić information content (AvgIpc) is 3.22. The van der Waals surface area contributed by atoms with Gasteiger partial charge < -0.3 is 14.8 Å². The number of alkyl halides is 2. The van der Waals surface area contributed by atoms with Crippen LogP contribution in [0, 0.1) is 0 Å². The summed E-state index contributed by atoms with van der Waals surface area (Å²) in [7, 11) is 1.57. The van der Waals surface area contributed by atoms with Crippen molar-refractivity contribution in [2.45, 2.75) is 56.7 Å². The van der Waals surface area contributed by atoms with Crippen LogP contribution in [-0.2, 0) is 11.3 Å². The zero-order chi connectivity index (χ0) is 17.9. The first-order valence-electron chi connectivity index (χ1n) is 8.70. The summed E-state index contributed by atoms with van der Waals surface area (Å²) < 4.78 is 37.9. The summed E-state index contributed by atoms with van der Waals surface area (Å²) in [6.45, 7) is -0.248. The summed E-state index contributed by atoms with van der Waals surface area (Å²) in [6.07, 6.45) is 3.99. The molecule has 1 atom stereocenters. The number of benzene rings is 1. The lowest BCUT2D eigenvalue weighted by Gasteiger charge is -2.20. The molecular weight excluding hydrogens is 366 g/mol. The Balaban J connectivity index is 0.00000243. The highest BCUT2D eigenvalue weighted by Crippen LogP contribution is 2.35. The summed E-state index contributed by atoms with van der Waals surface area (Å²) in [5.41, 5.74) is 0.782. The number of carbonyl (C=O) groups excluding carboxylic acids is 1. The van der Waals surface area contributed by atoms with Crippen LogP contribution in [-0.4, -0.2) is 37.6 Å². The largest absolute Gasteiger partial charge is 0.493 e. The second kappa shape index (κ2) is 8.86. The van der Waals surface area contributed by atoms with Gasteiger partial charge in [0.2, 0.25) is 5.91 Å². The third-order valence-electron chi connectivity index (χ3n) is 4.75. The van der Waals surface area contributed by atoms with E-state index in [0.717, 1.165) is 31.2 Å².